The third-order valence-electron chi connectivity index (χ3n) is 5.02. The summed E-state index contributed by atoms with van der Waals surface area (Å²) in [4.78, 5) is 41.6. The van der Waals surface area contributed by atoms with Gasteiger partial charge in [-0.15, -0.1) is 0 Å². The molecule has 0 fully saturated rings. The molecule has 9 heteroatoms. The van der Waals surface area contributed by atoms with Crippen LogP contribution in [0.1, 0.15) is 39.0 Å². The van der Waals surface area contributed by atoms with Gasteiger partial charge in [0, 0.05) is 16.8 Å². The maximum Gasteiger partial charge on any atom is 0.350 e. The first kappa shape index (κ1) is 20.8. The number of aryl methyl sites for hydroxylation is 3. The summed E-state index contributed by atoms with van der Waals surface area (Å²) < 4.78 is 15.9. The fourth-order valence-electron chi connectivity index (χ4n) is 3.40. The second kappa shape index (κ2) is 7.99. The smallest absolute Gasteiger partial charge is 0.350 e. The van der Waals surface area contributed by atoms with Crippen molar-refractivity contribution in [3.63, 3.8) is 0 Å². The van der Waals surface area contributed by atoms with Gasteiger partial charge in [-0.25, -0.2) is 14.6 Å². The Morgan fingerprint density at radius 1 is 1.16 bits per heavy atom. The molecule has 1 aromatic carbocycles. The molecule has 4 aromatic rings. The first-order valence-electron chi connectivity index (χ1n) is 9.67. The first-order chi connectivity index (χ1) is 14.8. The Hall–Kier alpha value is -3.46. The Labute approximate surface area is 180 Å². The van der Waals surface area contributed by atoms with Crippen molar-refractivity contribution in [2.24, 2.45) is 0 Å². The molecule has 0 aliphatic heterocycles. The van der Waals surface area contributed by atoms with E-state index in [9.17, 15) is 14.4 Å². The molecule has 3 aromatic heterocycles. The molecule has 160 valence electrons. The van der Waals surface area contributed by atoms with Gasteiger partial charge in [-0.2, -0.15) is 0 Å². The minimum Gasteiger partial charge on any atom is -0.464 e. The normalized spacial score (nSPS) is 11.2. The lowest BCUT2D eigenvalue weighted by atomic mass is 10.0. The minimum atomic E-state index is -0.578. The number of aromatic nitrogens is 1. The number of furan rings is 1. The third-order valence-corrected chi connectivity index (χ3v) is 6.07. The molecule has 4 rings (SSSR count). The van der Waals surface area contributed by atoms with Gasteiger partial charge in [0.1, 0.15) is 16.0 Å². The summed E-state index contributed by atoms with van der Waals surface area (Å²) >= 11 is 1.03. The SMILES string of the molecule is CCOC(=O)c1sc(NC(=O)Cc2c(C)c3cc4c(C)coc4cc3oc2=O)nc1C. The molecular weight excluding hydrogens is 420 g/mol. The van der Waals surface area contributed by atoms with Crippen molar-refractivity contribution in [2.45, 2.75) is 34.1 Å². The predicted octanol–water partition coefficient (Wildman–Crippen LogP) is 4.28. The number of anilines is 1. The maximum atomic E-state index is 12.6. The van der Waals surface area contributed by atoms with E-state index >= 15 is 0 Å². The van der Waals surface area contributed by atoms with Crippen molar-refractivity contribution in [1.82, 2.24) is 4.98 Å². The molecule has 0 aliphatic rings. The number of rotatable bonds is 5. The molecule has 8 nitrogen and oxygen atoms in total. The number of fused-ring (bicyclic) bond motifs is 2. The average Bonchev–Trinajstić information content (AvgIpc) is 3.26. The van der Waals surface area contributed by atoms with Gasteiger partial charge in [-0.3, -0.25) is 4.79 Å². The second-order valence-corrected chi connectivity index (χ2v) is 8.13. The molecule has 1 N–H and O–H groups in total. The highest BCUT2D eigenvalue weighted by Crippen LogP contribution is 2.29. The van der Waals surface area contributed by atoms with E-state index in [1.54, 1.807) is 33.1 Å². The van der Waals surface area contributed by atoms with E-state index in [1.807, 2.05) is 13.0 Å². The lowest BCUT2D eigenvalue weighted by Crippen LogP contribution is -2.20. The molecule has 0 saturated heterocycles. The lowest BCUT2D eigenvalue weighted by molar-refractivity contribution is -0.115. The quantitative estimate of drug-likeness (QED) is 0.364. The van der Waals surface area contributed by atoms with E-state index < -0.39 is 17.5 Å². The Bertz CT molecular complexity index is 1390. The van der Waals surface area contributed by atoms with Crippen LogP contribution in [0.2, 0.25) is 0 Å². The highest BCUT2D eigenvalue weighted by Gasteiger charge is 2.20. The molecule has 0 atom stereocenters. The fraction of sp³-hybridized carbons (Fsp3) is 0.273. The largest absolute Gasteiger partial charge is 0.464 e. The summed E-state index contributed by atoms with van der Waals surface area (Å²) in [6.07, 6.45) is 1.46. The fourth-order valence-corrected chi connectivity index (χ4v) is 4.28. The van der Waals surface area contributed by atoms with Gasteiger partial charge in [-0.05, 0) is 44.9 Å². The van der Waals surface area contributed by atoms with E-state index in [0.29, 0.717) is 27.3 Å². The molecular formula is C22H20N2O6S. The van der Waals surface area contributed by atoms with Gasteiger partial charge in [0.2, 0.25) is 5.91 Å². The van der Waals surface area contributed by atoms with Crippen LogP contribution in [0.25, 0.3) is 21.9 Å². The van der Waals surface area contributed by atoms with Crippen LogP contribution in [0.4, 0.5) is 5.13 Å². The summed E-state index contributed by atoms with van der Waals surface area (Å²) in [5.41, 5.74) is 2.84. The van der Waals surface area contributed by atoms with Crippen LogP contribution in [0, 0.1) is 20.8 Å². The van der Waals surface area contributed by atoms with Crippen LogP contribution >= 0.6 is 11.3 Å². The van der Waals surface area contributed by atoms with Crippen molar-refractivity contribution < 1.29 is 23.2 Å². The maximum absolute atomic E-state index is 12.6. The number of hydrogen-bond acceptors (Lipinski definition) is 8. The highest BCUT2D eigenvalue weighted by atomic mass is 32.1. The molecule has 0 saturated carbocycles. The van der Waals surface area contributed by atoms with Crippen molar-refractivity contribution >= 4 is 50.3 Å². The molecule has 3 heterocycles. The van der Waals surface area contributed by atoms with Gasteiger partial charge in [0.15, 0.2) is 5.13 Å². The Kier molecular flexibility index (Phi) is 5.36. The first-order valence-corrected chi connectivity index (χ1v) is 10.5. The van der Waals surface area contributed by atoms with Crippen LogP contribution in [0.3, 0.4) is 0 Å². The Morgan fingerprint density at radius 2 is 1.94 bits per heavy atom. The number of thiazole rings is 1. The van der Waals surface area contributed by atoms with Gasteiger partial charge < -0.3 is 18.9 Å². The number of carbonyl (C=O) groups excluding carboxylic acids is 2. The standard InChI is InChI=1S/C22H20N2O6S/c1-5-28-21(27)19-12(4)23-22(31-19)24-18(25)7-15-11(3)14-6-13-10(2)9-29-16(13)8-17(14)30-20(15)26/h6,8-9H,5,7H2,1-4H3,(H,23,24,25). The van der Waals surface area contributed by atoms with E-state index in [2.05, 4.69) is 10.3 Å². The number of benzene rings is 1. The van der Waals surface area contributed by atoms with Crippen LogP contribution in [0.15, 0.2) is 32.0 Å². The number of nitrogens with zero attached hydrogens (tertiary/aromatic N) is 1. The number of carbonyl (C=O) groups is 2. The zero-order chi connectivity index (χ0) is 22.3. The van der Waals surface area contributed by atoms with Crippen LogP contribution in [-0.4, -0.2) is 23.5 Å². The zero-order valence-electron chi connectivity index (χ0n) is 17.5. The van der Waals surface area contributed by atoms with Crippen LogP contribution in [-0.2, 0) is 16.0 Å². The van der Waals surface area contributed by atoms with Gasteiger partial charge in [-0.1, -0.05) is 11.3 Å². The third kappa shape index (κ3) is 3.84. The minimum absolute atomic E-state index is 0.181. The summed E-state index contributed by atoms with van der Waals surface area (Å²) in [7, 11) is 0. The number of amides is 1. The van der Waals surface area contributed by atoms with E-state index in [0.717, 1.165) is 27.7 Å². The number of hydrogen-bond donors (Lipinski definition) is 1. The molecule has 0 aliphatic carbocycles. The summed E-state index contributed by atoms with van der Waals surface area (Å²) in [6.45, 7) is 7.35. The lowest BCUT2D eigenvalue weighted by Gasteiger charge is -2.08. The van der Waals surface area contributed by atoms with E-state index in [-0.39, 0.29) is 23.7 Å². The second-order valence-electron chi connectivity index (χ2n) is 7.14. The number of nitrogens with one attached hydrogen (secondary N) is 1. The Morgan fingerprint density at radius 3 is 2.68 bits per heavy atom. The van der Waals surface area contributed by atoms with Crippen molar-refractivity contribution in [3.8, 4) is 0 Å². The predicted molar refractivity (Wildman–Crippen MR) is 117 cm³/mol. The summed E-state index contributed by atoms with van der Waals surface area (Å²) in [5, 5.41) is 4.58. The van der Waals surface area contributed by atoms with Crippen LogP contribution in [0.5, 0.6) is 0 Å². The Balaban J connectivity index is 1.62. The van der Waals surface area contributed by atoms with Gasteiger partial charge in [0.25, 0.3) is 0 Å². The molecule has 0 spiro atoms. The van der Waals surface area contributed by atoms with E-state index in [4.69, 9.17) is 13.6 Å². The summed E-state index contributed by atoms with van der Waals surface area (Å²) in [6, 6.07) is 3.59. The van der Waals surface area contributed by atoms with E-state index in [1.165, 1.54) is 0 Å². The van der Waals surface area contributed by atoms with Crippen molar-refractivity contribution in [2.75, 3.05) is 11.9 Å². The summed E-state index contributed by atoms with van der Waals surface area (Å²) in [5.74, 6) is -0.913. The number of esters is 1. The highest BCUT2D eigenvalue weighted by molar-refractivity contribution is 7.17. The van der Waals surface area contributed by atoms with Gasteiger partial charge in [0.05, 0.1) is 30.5 Å². The van der Waals surface area contributed by atoms with Crippen molar-refractivity contribution in [3.05, 3.63) is 56.1 Å². The van der Waals surface area contributed by atoms with Crippen molar-refractivity contribution in [1.29, 1.82) is 0 Å². The molecule has 0 unspecified atom stereocenters. The monoisotopic (exact) mass is 440 g/mol. The zero-order valence-corrected chi connectivity index (χ0v) is 18.3. The molecule has 0 bridgehead atoms. The topological polar surface area (TPSA) is 112 Å². The van der Waals surface area contributed by atoms with Gasteiger partial charge >= 0.3 is 11.6 Å². The van der Waals surface area contributed by atoms with Crippen LogP contribution < -0.4 is 10.9 Å². The number of ether oxygens (including phenoxy) is 1. The molecule has 31 heavy (non-hydrogen) atoms. The molecule has 0 radical (unpaired) electrons. The average molecular weight is 440 g/mol. The molecule has 1 amide bonds.